The number of fused-ring (bicyclic) bond motifs is 1. The van der Waals surface area contributed by atoms with Crippen molar-refractivity contribution in [1.82, 2.24) is 15.2 Å². The van der Waals surface area contributed by atoms with Crippen LogP contribution >= 0.6 is 0 Å². The Bertz CT molecular complexity index is 953. The molecule has 0 aliphatic heterocycles. The number of nitrogens with one attached hydrogen (secondary N) is 2. The molecule has 2 N–H and O–H groups in total. The second-order valence-corrected chi connectivity index (χ2v) is 9.37. The maximum Gasteiger partial charge on any atom is 0.318 e. The molecular weight excluding hydrogens is 374 g/mol. The molecule has 1 aromatic carbocycles. The van der Waals surface area contributed by atoms with Gasteiger partial charge in [0, 0.05) is 28.6 Å². The van der Waals surface area contributed by atoms with Gasteiger partial charge >= 0.3 is 6.03 Å². The van der Waals surface area contributed by atoms with Gasteiger partial charge < -0.3 is 15.2 Å². The number of aryl methyl sites for hydroxylation is 2. The van der Waals surface area contributed by atoms with Crippen molar-refractivity contribution in [3.8, 4) is 0 Å². The van der Waals surface area contributed by atoms with Crippen molar-refractivity contribution in [2.75, 3.05) is 0 Å². The van der Waals surface area contributed by atoms with Crippen LogP contribution in [0.15, 0.2) is 23.0 Å². The summed E-state index contributed by atoms with van der Waals surface area (Å²) in [5, 5.41) is 4.35. The van der Waals surface area contributed by atoms with E-state index in [0.717, 1.165) is 60.6 Å². The third-order valence-corrected chi connectivity index (χ3v) is 6.94. The molecule has 4 rings (SSSR count). The molecule has 0 bridgehead atoms. The summed E-state index contributed by atoms with van der Waals surface area (Å²) < 4.78 is 0. The monoisotopic (exact) mass is 409 g/mol. The molecule has 2 aliphatic carbocycles. The Morgan fingerprint density at radius 2 is 1.67 bits per heavy atom. The van der Waals surface area contributed by atoms with Crippen molar-refractivity contribution in [3.63, 3.8) is 0 Å². The zero-order chi connectivity index (χ0) is 21.1. The van der Waals surface area contributed by atoms with E-state index in [0.29, 0.717) is 12.1 Å². The van der Waals surface area contributed by atoms with Crippen LogP contribution in [0.3, 0.4) is 0 Å². The van der Waals surface area contributed by atoms with Gasteiger partial charge in [-0.25, -0.2) is 4.79 Å². The molecule has 0 atom stereocenters. The average molecular weight is 410 g/mol. The highest BCUT2D eigenvalue weighted by molar-refractivity contribution is 5.83. The van der Waals surface area contributed by atoms with Crippen LogP contribution < -0.4 is 10.9 Å². The highest BCUT2D eigenvalue weighted by Gasteiger charge is 2.28. The van der Waals surface area contributed by atoms with Gasteiger partial charge in [-0.2, -0.15) is 0 Å². The second-order valence-electron chi connectivity index (χ2n) is 9.37. The standard InChI is InChI=1S/C25H35N3O2/c1-17-13-18(2)22-15-19(24(29)27-23(22)14-17)16-28(21-11-7-4-8-12-21)25(30)26-20-9-5-3-6-10-20/h13-15,20-21H,3-12,16H2,1-2H3,(H,26,30)(H,27,29). The molecule has 1 aromatic heterocycles. The van der Waals surface area contributed by atoms with E-state index < -0.39 is 0 Å². The van der Waals surface area contributed by atoms with E-state index in [9.17, 15) is 9.59 Å². The van der Waals surface area contributed by atoms with E-state index in [2.05, 4.69) is 23.3 Å². The van der Waals surface area contributed by atoms with Crippen LogP contribution in [-0.4, -0.2) is 28.0 Å². The lowest BCUT2D eigenvalue weighted by Gasteiger charge is -2.36. The number of carbonyl (C=O) groups excluding carboxylic acids is 1. The first kappa shape index (κ1) is 21.0. The number of urea groups is 1. The van der Waals surface area contributed by atoms with Crippen LogP contribution in [0.2, 0.25) is 0 Å². The Balaban J connectivity index is 1.61. The van der Waals surface area contributed by atoms with Crippen molar-refractivity contribution < 1.29 is 4.79 Å². The number of benzene rings is 1. The van der Waals surface area contributed by atoms with Crippen LogP contribution in [-0.2, 0) is 6.54 Å². The highest BCUT2D eigenvalue weighted by Crippen LogP contribution is 2.26. The predicted molar refractivity (Wildman–Crippen MR) is 122 cm³/mol. The largest absolute Gasteiger partial charge is 0.335 e. The van der Waals surface area contributed by atoms with Gasteiger partial charge in [0.15, 0.2) is 0 Å². The van der Waals surface area contributed by atoms with Gasteiger partial charge in [0.05, 0.1) is 6.54 Å². The van der Waals surface area contributed by atoms with Crippen LogP contribution in [0.25, 0.3) is 10.9 Å². The second kappa shape index (κ2) is 9.23. The number of aromatic nitrogens is 1. The summed E-state index contributed by atoms with van der Waals surface area (Å²) in [4.78, 5) is 31.2. The maximum absolute atomic E-state index is 13.3. The van der Waals surface area contributed by atoms with Crippen molar-refractivity contribution in [2.24, 2.45) is 0 Å². The van der Waals surface area contributed by atoms with Gasteiger partial charge in [0.25, 0.3) is 5.56 Å². The summed E-state index contributed by atoms with van der Waals surface area (Å²) in [5.74, 6) is 0. The lowest BCUT2D eigenvalue weighted by molar-refractivity contribution is 0.145. The Morgan fingerprint density at radius 3 is 2.37 bits per heavy atom. The number of nitrogens with zero attached hydrogens (tertiary/aromatic N) is 1. The SMILES string of the molecule is Cc1cc(C)c2cc(CN(C(=O)NC3CCCCC3)C3CCCCC3)c(=O)[nH]c2c1. The van der Waals surface area contributed by atoms with Gasteiger partial charge in [-0.1, -0.05) is 44.6 Å². The zero-order valence-electron chi connectivity index (χ0n) is 18.4. The molecule has 0 radical (unpaired) electrons. The van der Waals surface area contributed by atoms with Crippen molar-refractivity contribution in [1.29, 1.82) is 0 Å². The molecule has 0 unspecified atom stereocenters. The van der Waals surface area contributed by atoms with Gasteiger partial charge in [0.2, 0.25) is 0 Å². The molecule has 2 aromatic rings. The first-order valence-corrected chi connectivity index (χ1v) is 11.7. The fourth-order valence-corrected chi connectivity index (χ4v) is 5.28. The molecule has 2 aliphatic rings. The summed E-state index contributed by atoms with van der Waals surface area (Å²) in [5.41, 5.74) is 3.76. The number of H-pyrrole nitrogens is 1. The zero-order valence-corrected chi connectivity index (χ0v) is 18.4. The molecule has 2 fully saturated rings. The topological polar surface area (TPSA) is 65.2 Å². The average Bonchev–Trinajstić information content (AvgIpc) is 2.73. The van der Waals surface area contributed by atoms with Crippen molar-refractivity contribution >= 4 is 16.9 Å². The third-order valence-electron chi connectivity index (χ3n) is 6.94. The number of rotatable bonds is 4. The minimum Gasteiger partial charge on any atom is -0.335 e. The molecule has 162 valence electrons. The van der Waals surface area contributed by atoms with E-state index in [1.165, 1.54) is 25.7 Å². The minimum absolute atomic E-state index is 0.00826. The summed E-state index contributed by atoms with van der Waals surface area (Å²) >= 11 is 0. The van der Waals surface area contributed by atoms with Crippen LogP contribution in [0.4, 0.5) is 4.79 Å². The van der Waals surface area contributed by atoms with Gasteiger partial charge in [0.1, 0.15) is 0 Å². The van der Waals surface area contributed by atoms with Crippen LogP contribution in [0.5, 0.6) is 0 Å². The Labute approximate surface area is 179 Å². The minimum atomic E-state index is -0.0845. The lowest BCUT2D eigenvalue weighted by Crippen LogP contribution is -2.50. The molecule has 2 amide bonds. The van der Waals surface area contributed by atoms with E-state index in [1.807, 2.05) is 24.0 Å². The summed E-state index contributed by atoms with van der Waals surface area (Å²) in [7, 11) is 0. The van der Waals surface area contributed by atoms with E-state index in [4.69, 9.17) is 0 Å². The smallest absolute Gasteiger partial charge is 0.318 e. The first-order valence-electron chi connectivity index (χ1n) is 11.7. The number of hydrogen-bond donors (Lipinski definition) is 2. The van der Waals surface area contributed by atoms with Gasteiger partial charge in [-0.3, -0.25) is 4.79 Å². The molecule has 30 heavy (non-hydrogen) atoms. The predicted octanol–water partition coefficient (Wildman–Crippen LogP) is 5.32. The van der Waals surface area contributed by atoms with Gasteiger partial charge in [-0.05, 0) is 62.8 Å². The van der Waals surface area contributed by atoms with Crippen LogP contribution in [0, 0.1) is 13.8 Å². The molecule has 5 nitrogen and oxygen atoms in total. The molecule has 2 saturated carbocycles. The molecule has 1 heterocycles. The van der Waals surface area contributed by atoms with E-state index in [-0.39, 0.29) is 23.7 Å². The molecule has 0 spiro atoms. The Hall–Kier alpha value is -2.30. The Kier molecular flexibility index (Phi) is 6.45. The van der Waals surface area contributed by atoms with Gasteiger partial charge in [-0.15, -0.1) is 0 Å². The molecule has 0 saturated heterocycles. The van der Waals surface area contributed by atoms with Crippen LogP contribution in [0.1, 0.15) is 80.9 Å². The quantitative estimate of drug-likeness (QED) is 0.717. The molecule has 5 heteroatoms. The maximum atomic E-state index is 13.3. The summed E-state index contributed by atoms with van der Waals surface area (Å²) in [6.07, 6.45) is 11.4. The first-order chi connectivity index (χ1) is 14.5. The van der Waals surface area contributed by atoms with Crippen molar-refractivity contribution in [3.05, 3.63) is 45.2 Å². The number of hydrogen-bond acceptors (Lipinski definition) is 2. The number of aromatic amines is 1. The number of pyridine rings is 1. The Morgan fingerprint density at radius 1 is 1.00 bits per heavy atom. The fraction of sp³-hybridized carbons (Fsp3) is 0.600. The number of amides is 2. The fourth-order valence-electron chi connectivity index (χ4n) is 5.28. The highest BCUT2D eigenvalue weighted by atomic mass is 16.2. The van der Waals surface area contributed by atoms with E-state index >= 15 is 0 Å². The van der Waals surface area contributed by atoms with Crippen molar-refractivity contribution in [2.45, 2.75) is 96.7 Å². The summed E-state index contributed by atoms with van der Waals surface area (Å²) in [6, 6.07) is 6.65. The number of carbonyl (C=O) groups is 1. The summed E-state index contributed by atoms with van der Waals surface area (Å²) in [6.45, 7) is 4.49. The lowest BCUT2D eigenvalue weighted by atomic mass is 9.93. The third kappa shape index (κ3) is 4.71. The van der Waals surface area contributed by atoms with E-state index in [1.54, 1.807) is 0 Å². The normalized spacial score (nSPS) is 18.5. The molecular formula is C25H35N3O2.